The van der Waals surface area contributed by atoms with E-state index in [1.54, 1.807) is 0 Å². The third-order valence-corrected chi connectivity index (χ3v) is 5.36. The maximum absolute atomic E-state index is 12.2. The summed E-state index contributed by atoms with van der Waals surface area (Å²) in [5.74, 6) is 1.28. The zero-order valence-electron chi connectivity index (χ0n) is 17.3. The van der Waals surface area contributed by atoms with Crippen LogP contribution in [0.5, 0.6) is 0 Å². The second kappa shape index (κ2) is 9.13. The number of nitrogen functional groups attached to an aromatic ring is 1. The molecule has 0 radical (unpaired) electrons. The molecule has 2 heterocycles. The number of hydrogen-bond donors (Lipinski definition) is 3. The molecule has 0 saturated heterocycles. The van der Waals surface area contributed by atoms with Crippen molar-refractivity contribution in [3.8, 4) is 0 Å². The second-order valence-electron chi connectivity index (χ2n) is 7.39. The Hall–Kier alpha value is -3.13. The van der Waals surface area contributed by atoms with Gasteiger partial charge in [0.25, 0.3) is 0 Å². The highest BCUT2D eigenvalue weighted by molar-refractivity contribution is 5.90. The fourth-order valence-electron chi connectivity index (χ4n) is 3.97. The molecular weight excluding hydrogens is 380 g/mol. The van der Waals surface area contributed by atoms with Crippen molar-refractivity contribution in [1.82, 2.24) is 19.9 Å². The predicted octanol–water partition coefficient (Wildman–Crippen LogP) is 3.25. The van der Waals surface area contributed by atoms with E-state index in [1.807, 2.05) is 37.3 Å². The number of nitrogens with zero attached hydrogens (tertiary/aromatic N) is 3. The van der Waals surface area contributed by atoms with Gasteiger partial charge in [-0.15, -0.1) is 0 Å². The molecule has 8 nitrogen and oxygen atoms in total. The Morgan fingerprint density at radius 1 is 1.20 bits per heavy atom. The molecule has 0 aliphatic heterocycles. The smallest absolute Gasteiger partial charge is 0.319 e. The summed E-state index contributed by atoms with van der Waals surface area (Å²) in [5.41, 5.74) is 11.1. The summed E-state index contributed by atoms with van der Waals surface area (Å²) in [6.45, 7) is 4.00. The summed E-state index contributed by atoms with van der Waals surface area (Å²) in [7, 11) is 0. The van der Waals surface area contributed by atoms with Crippen LogP contribution in [0.4, 0.5) is 16.3 Å². The van der Waals surface area contributed by atoms with Gasteiger partial charge in [0.1, 0.15) is 17.9 Å². The third kappa shape index (κ3) is 4.23. The molecule has 1 aliphatic rings. The lowest BCUT2D eigenvalue weighted by atomic mass is 9.95. The minimum absolute atomic E-state index is 0.236. The van der Waals surface area contributed by atoms with Gasteiger partial charge >= 0.3 is 6.03 Å². The molecular formula is C22H28N6O2. The quantitative estimate of drug-likeness (QED) is 0.556. The summed E-state index contributed by atoms with van der Waals surface area (Å²) >= 11 is 0. The number of imidazole rings is 1. The number of amides is 2. The SMILES string of the molecule is CCOCc1nc2c(N)nc3c(c2n1CCNC(=O)Nc1ccccc1)CCCC3. The monoisotopic (exact) mass is 408 g/mol. The van der Waals surface area contributed by atoms with Gasteiger partial charge < -0.3 is 25.7 Å². The van der Waals surface area contributed by atoms with Crippen LogP contribution >= 0.6 is 0 Å². The van der Waals surface area contributed by atoms with Crippen LogP contribution in [0.1, 0.15) is 36.8 Å². The van der Waals surface area contributed by atoms with Gasteiger partial charge in [-0.2, -0.15) is 0 Å². The van der Waals surface area contributed by atoms with E-state index < -0.39 is 0 Å². The standard InChI is InChI=1S/C22H28N6O2/c1-2-30-14-18-27-19-20(16-10-6-7-11-17(16)26-21(19)23)28(18)13-12-24-22(29)25-15-8-4-3-5-9-15/h3-5,8-9H,2,6-7,10-14H2,1H3,(H2,23,26)(H2,24,25,29). The number of rotatable bonds is 7. The van der Waals surface area contributed by atoms with Gasteiger partial charge in [0.2, 0.25) is 0 Å². The number of nitrogens with one attached hydrogen (secondary N) is 2. The molecule has 158 valence electrons. The van der Waals surface area contributed by atoms with Crippen LogP contribution in [0, 0.1) is 0 Å². The number of fused-ring (bicyclic) bond motifs is 3. The highest BCUT2D eigenvalue weighted by Crippen LogP contribution is 2.31. The lowest BCUT2D eigenvalue weighted by Crippen LogP contribution is -2.31. The summed E-state index contributed by atoms with van der Waals surface area (Å²) in [6, 6.07) is 9.15. The Labute approximate surface area is 175 Å². The first-order valence-corrected chi connectivity index (χ1v) is 10.5. The van der Waals surface area contributed by atoms with Gasteiger partial charge in [-0.05, 0) is 50.3 Å². The molecule has 1 aliphatic carbocycles. The molecule has 0 fully saturated rings. The van der Waals surface area contributed by atoms with E-state index in [0.29, 0.717) is 32.1 Å². The lowest BCUT2D eigenvalue weighted by molar-refractivity contribution is 0.126. The first-order chi connectivity index (χ1) is 14.7. The van der Waals surface area contributed by atoms with Crippen LogP contribution in [-0.4, -0.2) is 33.7 Å². The van der Waals surface area contributed by atoms with Crippen LogP contribution in [0.3, 0.4) is 0 Å². The van der Waals surface area contributed by atoms with Crippen molar-refractivity contribution in [3.05, 3.63) is 47.4 Å². The minimum Gasteiger partial charge on any atom is -0.382 e. The molecule has 0 unspecified atom stereocenters. The first kappa shape index (κ1) is 20.2. The minimum atomic E-state index is -0.236. The number of benzene rings is 1. The van der Waals surface area contributed by atoms with Gasteiger partial charge in [0.15, 0.2) is 5.82 Å². The van der Waals surface area contributed by atoms with Gasteiger partial charge in [-0.3, -0.25) is 0 Å². The van der Waals surface area contributed by atoms with Crippen molar-refractivity contribution in [2.24, 2.45) is 0 Å². The number of carbonyl (C=O) groups excluding carboxylic acids is 1. The van der Waals surface area contributed by atoms with Crippen LogP contribution in [-0.2, 0) is 30.7 Å². The molecule has 0 saturated carbocycles. The molecule has 4 rings (SSSR count). The molecule has 8 heteroatoms. The second-order valence-corrected chi connectivity index (χ2v) is 7.39. The van der Waals surface area contributed by atoms with Crippen molar-refractivity contribution in [3.63, 3.8) is 0 Å². The summed E-state index contributed by atoms with van der Waals surface area (Å²) in [5, 5.41) is 5.76. The fourth-order valence-corrected chi connectivity index (χ4v) is 3.97. The molecule has 1 aromatic carbocycles. The number of aryl methyl sites for hydroxylation is 2. The largest absolute Gasteiger partial charge is 0.382 e. The maximum atomic E-state index is 12.2. The van der Waals surface area contributed by atoms with Crippen molar-refractivity contribution in [2.45, 2.75) is 45.8 Å². The molecule has 2 amide bonds. The number of carbonyl (C=O) groups is 1. The van der Waals surface area contributed by atoms with Crippen LogP contribution < -0.4 is 16.4 Å². The fraction of sp³-hybridized carbons (Fsp3) is 0.409. The Kier molecular flexibility index (Phi) is 6.13. The van der Waals surface area contributed by atoms with E-state index in [0.717, 1.165) is 53.9 Å². The van der Waals surface area contributed by atoms with E-state index in [1.165, 1.54) is 5.56 Å². The zero-order chi connectivity index (χ0) is 20.9. The van der Waals surface area contributed by atoms with E-state index in [-0.39, 0.29) is 6.03 Å². The summed E-state index contributed by atoms with van der Waals surface area (Å²) in [6.07, 6.45) is 4.18. The van der Waals surface area contributed by atoms with Crippen LogP contribution in [0.25, 0.3) is 11.0 Å². The normalized spacial score (nSPS) is 13.2. The van der Waals surface area contributed by atoms with Gasteiger partial charge in [0, 0.05) is 31.1 Å². The summed E-state index contributed by atoms with van der Waals surface area (Å²) in [4.78, 5) is 21.6. The topological polar surface area (TPSA) is 107 Å². The number of pyridine rings is 1. The average Bonchev–Trinajstić information content (AvgIpc) is 3.12. The zero-order valence-corrected chi connectivity index (χ0v) is 17.3. The number of urea groups is 1. The lowest BCUT2D eigenvalue weighted by Gasteiger charge is -2.18. The van der Waals surface area contributed by atoms with Gasteiger partial charge in [0.05, 0.1) is 5.52 Å². The van der Waals surface area contributed by atoms with E-state index in [2.05, 4.69) is 20.2 Å². The number of hydrogen-bond acceptors (Lipinski definition) is 5. The van der Waals surface area contributed by atoms with E-state index in [9.17, 15) is 4.79 Å². The average molecular weight is 409 g/mol. The van der Waals surface area contributed by atoms with Crippen molar-refractivity contribution in [2.75, 3.05) is 24.2 Å². The number of nitrogens with two attached hydrogens (primary N) is 1. The highest BCUT2D eigenvalue weighted by atomic mass is 16.5. The summed E-state index contributed by atoms with van der Waals surface area (Å²) < 4.78 is 7.77. The Bertz CT molecular complexity index is 1030. The number of para-hydroxylation sites is 1. The Morgan fingerprint density at radius 3 is 2.80 bits per heavy atom. The Balaban J connectivity index is 1.56. The molecule has 4 N–H and O–H groups in total. The van der Waals surface area contributed by atoms with Crippen molar-refractivity contribution < 1.29 is 9.53 Å². The van der Waals surface area contributed by atoms with Gasteiger partial charge in [-0.1, -0.05) is 18.2 Å². The molecule has 30 heavy (non-hydrogen) atoms. The molecule has 0 atom stereocenters. The molecule has 3 aromatic rings. The molecule has 2 aromatic heterocycles. The third-order valence-electron chi connectivity index (χ3n) is 5.36. The highest BCUT2D eigenvalue weighted by Gasteiger charge is 2.22. The predicted molar refractivity (Wildman–Crippen MR) is 117 cm³/mol. The van der Waals surface area contributed by atoms with Gasteiger partial charge in [-0.25, -0.2) is 14.8 Å². The Morgan fingerprint density at radius 2 is 2.00 bits per heavy atom. The van der Waals surface area contributed by atoms with E-state index in [4.69, 9.17) is 15.5 Å². The number of ether oxygens (including phenoxy) is 1. The first-order valence-electron chi connectivity index (χ1n) is 10.5. The van der Waals surface area contributed by atoms with Crippen LogP contribution in [0.15, 0.2) is 30.3 Å². The molecule has 0 bridgehead atoms. The van der Waals surface area contributed by atoms with Crippen molar-refractivity contribution >= 4 is 28.6 Å². The number of aromatic nitrogens is 3. The maximum Gasteiger partial charge on any atom is 0.319 e. The molecule has 0 spiro atoms. The van der Waals surface area contributed by atoms with E-state index >= 15 is 0 Å². The number of anilines is 2. The van der Waals surface area contributed by atoms with Crippen LogP contribution in [0.2, 0.25) is 0 Å². The van der Waals surface area contributed by atoms with Crippen molar-refractivity contribution in [1.29, 1.82) is 0 Å².